The Bertz CT molecular complexity index is 1690. The van der Waals surface area contributed by atoms with Crippen molar-refractivity contribution in [3.63, 3.8) is 0 Å². The highest BCUT2D eigenvalue weighted by molar-refractivity contribution is 7.22. The number of carbonyl (C=O) groups is 3. The SMILES string of the molecule is COC(=O)c1ccc([C@H]2C(=C(O)c3ccc4c(c3)OCCO4)C(=O)C(=O)N2c2nc3ccc(C)cc3s2)cc1. The summed E-state index contributed by atoms with van der Waals surface area (Å²) in [4.78, 5) is 45.0. The van der Waals surface area contributed by atoms with E-state index >= 15 is 0 Å². The van der Waals surface area contributed by atoms with E-state index in [1.807, 2.05) is 25.1 Å². The molecular weight excluding hydrogens is 520 g/mol. The lowest BCUT2D eigenvalue weighted by Crippen LogP contribution is -2.29. The lowest BCUT2D eigenvalue weighted by Gasteiger charge is -2.23. The fourth-order valence-corrected chi connectivity index (χ4v) is 5.82. The Morgan fingerprint density at radius 1 is 1.00 bits per heavy atom. The molecule has 1 amide bonds. The van der Waals surface area contributed by atoms with Crippen molar-refractivity contribution in [2.75, 3.05) is 25.2 Å². The predicted molar refractivity (Wildman–Crippen MR) is 144 cm³/mol. The minimum Gasteiger partial charge on any atom is -0.507 e. The van der Waals surface area contributed by atoms with Gasteiger partial charge in [0.2, 0.25) is 0 Å². The first-order valence-electron chi connectivity index (χ1n) is 12.1. The van der Waals surface area contributed by atoms with Gasteiger partial charge in [0, 0.05) is 5.56 Å². The van der Waals surface area contributed by atoms with Crippen LogP contribution in [0.5, 0.6) is 11.5 Å². The summed E-state index contributed by atoms with van der Waals surface area (Å²) in [6, 6.07) is 15.9. The van der Waals surface area contributed by atoms with Crippen molar-refractivity contribution in [1.82, 2.24) is 4.98 Å². The first kappa shape index (κ1) is 24.6. The zero-order valence-electron chi connectivity index (χ0n) is 21.0. The number of aryl methyl sites for hydroxylation is 1. The maximum absolute atomic E-state index is 13.5. The minimum atomic E-state index is -0.994. The fourth-order valence-electron chi connectivity index (χ4n) is 4.73. The number of amides is 1. The Morgan fingerprint density at radius 3 is 2.46 bits per heavy atom. The summed E-state index contributed by atoms with van der Waals surface area (Å²) in [5.74, 6) is -1.58. The molecule has 6 rings (SSSR count). The quantitative estimate of drug-likeness (QED) is 0.169. The molecule has 1 N–H and O–H groups in total. The number of nitrogens with zero attached hydrogens (tertiary/aromatic N) is 2. The van der Waals surface area contributed by atoms with Crippen molar-refractivity contribution in [2.24, 2.45) is 0 Å². The standard InChI is InChI=1S/C29H22N2O7S/c1-15-3-9-19-22(13-15)39-29(30-19)31-24(16-4-6-17(7-5-16)28(35)36-2)23(26(33)27(31)34)25(32)18-8-10-20-21(14-18)38-12-11-37-20/h3-10,13-14,24,32H,11-12H2,1-2H3/t24-/m0/s1. The van der Waals surface area contributed by atoms with Crippen molar-refractivity contribution in [3.05, 3.63) is 88.5 Å². The summed E-state index contributed by atoms with van der Waals surface area (Å²) < 4.78 is 16.9. The van der Waals surface area contributed by atoms with Gasteiger partial charge < -0.3 is 19.3 Å². The van der Waals surface area contributed by atoms with Crippen LogP contribution in [0.1, 0.15) is 33.1 Å². The molecule has 9 nitrogen and oxygen atoms in total. The monoisotopic (exact) mass is 542 g/mol. The van der Waals surface area contributed by atoms with Crippen LogP contribution < -0.4 is 14.4 Å². The number of aromatic nitrogens is 1. The van der Waals surface area contributed by atoms with E-state index in [4.69, 9.17) is 14.2 Å². The van der Waals surface area contributed by atoms with Crippen LogP contribution in [0.15, 0.2) is 66.2 Å². The number of aliphatic hydroxyl groups excluding tert-OH is 1. The molecule has 2 aliphatic heterocycles. The molecule has 196 valence electrons. The maximum Gasteiger partial charge on any atom is 0.337 e. The summed E-state index contributed by atoms with van der Waals surface area (Å²) in [6.07, 6.45) is 0. The highest BCUT2D eigenvalue weighted by atomic mass is 32.1. The molecule has 1 saturated heterocycles. The Morgan fingerprint density at radius 2 is 1.72 bits per heavy atom. The van der Waals surface area contributed by atoms with Crippen LogP contribution >= 0.6 is 11.3 Å². The van der Waals surface area contributed by atoms with Gasteiger partial charge in [0.25, 0.3) is 5.78 Å². The highest BCUT2D eigenvalue weighted by Crippen LogP contribution is 2.45. The average molecular weight is 543 g/mol. The Hall–Kier alpha value is -4.70. The average Bonchev–Trinajstić information content (AvgIpc) is 3.49. The molecule has 0 bridgehead atoms. The van der Waals surface area contributed by atoms with E-state index in [0.717, 1.165) is 10.3 Å². The lowest BCUT2D eigenvalue weighted by atomic mass is 9.94. The fraction of sp³-hybridized carbons (Fsp3) is 0.172. The van der Waals surface area contributed by atoms with Crippen LogP contribution in [0.2, 0.25) is 0 Å². The van der Waals surface area contributed by atoms with E-state index < -0.39 is 23.7 Å². The Labute approximate surface area is 226 Å². The van der Waals surface area contributed by atoms with E-state index in [-0.39, 0.29) is 11.3 Å². The normalized spacial score (nSPS) is 18.0. The van der Waals surface area contributed by atoms with Crippen molar-refractivity contribution in [3.8, 4) is 11.5 Å². The number of methoxy groups -OCH3 is 1. The number of thiazole rings is 1. The number of rotatable bonds is 4. The molecule has 4 aromatic rings. The van der Waals surface area contributed by atoms with E-state index in [1.165, 1.54) is 23.3 Å². The van der Waals surface area contributed by atoms with Gasteiger partial charge in [-0.15, -0.1) is 0 Å². The van der Waals surface area contributed by atoms with Crippen molar-refractivity contribution >= 4 is 50.1 Å². The van der Waals surface area contributed by atoms with E-state index in [2.05, 4.69) is 4.98 Å². The number of hydrogen-bond donors (Lipinski definition) is 1. The van der Waals surface area contributed by atoms with Gasteiger partial charge in [-0.25, -0.2) is 9.78 Å². The van der Waals surface area contributed by atoms with E-state index in [0.29, 0.717) is 52.1 Å². The number of aliphatic hydroxyl groups is 1. The first-order valence-corrected chi connectivity index (χ1v) is 12.9. The second-order valence-corrected chi connectivity index (χ2v) is 10.1. The number of fused-ring (bicyclic) bond motifs is 2. The molecule has 0 aliphatic carbocycles. The molecule has 2 aliphatic rings. The summed E-state index contributed by atoms with van der Waals surface area (Å²) >= 11 is 1.28. The molecule has 0 radical (unpaired) electrons. The molecule has 39 heavy (non-hydrogen) atoms. The predicted octanol–water partition coefficient (Wildman–Crippen LogP) is 4.79. The number of hydrogen-bond acceptors (Lipinski definition) is 9. The number of benzene rings is 3. The minimum absolute atomic E-state index is 0.0991. The first-order chi connectivity index (χ1) is 18.9. The topological polar surface area (TPSA) is 115 Å². The summed E-state index contributed by atoms with van der Waals surface area (Å²) in [6.45, 7) is 2.72. The Balaban J connectivity index is 1.52. The van der Waals surface area contributed by atoms with Crippen LogP contribution in [0, 0.1) is 6.92 Å². The molecule has 1 aromatic heterocycles. The molecule has 3 heterocycles. The number of Topliss-reactive ketones (excluding diaryl/α,β-unsaturated/α-hetero) is 1. The van der Waals surface area contributed by atoms with Crippen LogP contribution in [0.25, 0.3) is 16.0 Å². The van der Waals surface area contributed by atoms with Gasteiger partial charge in [0.05, 0.1) is 34.5 Å². The van der Waals surface area contributed by atoms with Crippen molar-refractivity contribution < 1.29 is 33.7 Å². The molecule has 1 atom stereocenters. The van der Waals surface area contributed by atoms with Crippen molar-refractivity contribution in [2.45, 2.75) is 13.0 Å². The molecule has 0 spiro atoms. The van der Waals surface area contributed by atoms with E-state index in [1.54, 1.807) is 42.5 Å². The third kappa shape index (κ3) is 4.18. The second kappa shape index (κ2) is 9.55. The Kier molecular flexibility index (Phi) is 6.03. The maximum atomic E-state index is 13.5. The zero-order chi connectivity index (χ0) is 27.3. The highest BCUT2D eigenvalue weighted by Gasteiger charge is 2.48. The van der Waals surface area contributed by atoms with Gasteiger partial charge in [0.1, 0.15) is 19.0 Å². The third-order valence-electron chi connectivity index (χ3n) is 6.65. The zero-order valence-corrected chi connectivity index (χ0v) is 21.8. The van der Waals surface area contributed by atoms with Crippen LogP contribution in [0.4, 0.5) is 5.13 Å². The summed E-state index contributed by atoms with van der Waals surface area (Å²) in [5.41, 5.74) is 2.74. The van der Waals surface area contributed by atoms with Gasteiger partial charge in [0.15, 0.2) is 16.6 Å². The molecule has 0 unspecified atom stereocenters. The third-order valence-corrected chi connectivity index (χ3v) is 7.66. The number of ketones is 1. The van der Waals surface area contributed by atoms with Gasteiger partial charge in [-0.1, -0.05) is 29.5 Å². The number of anilines is 1. The second-order valence-electron chi connectivity index (χ2n) is 9.11. The van der Waals surface area contributed by atoms with Gasteiger partial charge in [-0.2, -0.15) is 0 Å². The number of esters is 1. The number of carbonyl (C=O) groups excluding carboxylic acids is 3. The van der Waals surface area contributed by atoms with Crippen molar-refractivity contribution in [1.29, 1.82) is 0 Å². The van der Waals surface area contributed by atoms with Crippen LogP contribution in [-0.2, 0) is 14.3 Å². The van der Waals surface area contributed by atoms with Crippen LogP contribution in [-0.4, -0.2) is 48.1 Å². The van der Waals surface area contributed by atoms with Gasteiger partial charge in [-0.3, -0.25) is 14.5 Å². The largest absolute Gasteiger partial charge is 0.507 e. The molecule has 3 aromatic carbocycles. The molecule has 10 heteroatoms. The van der Waals surface area contributed by atoms with Gasteiger partial charge in [-0.05, 0) is 60.5 Å². The van der Waals surface area contributed by atoms with Gasteiger partial charge >= 0.3 is 11.9 Å². The molecule has 1 fully saturated rings. The molecular formula is C29H22N2O7S. The summed E-state index contributed by atoms with van der Waals surface area (Å²) in [7, 11) is 1.29. The van der Waals surface area contributed by atoms with E-state index in [9.17, 15) is 19.5 Å². The smallest absolute Gasteiger partial charge is 0.337 e. The summed E-state index contributed by atoms with van der Waals surface area (Å²) in [5, 5.41) is 11.8. The molecule has 0 saturated carbocycles. The van der Waals surface area contributed by atoms with Crippen LogP contribution in [0.3, 0.4) is 0 Å². The lowest BCUT2D eigenvalue weighted by molar-refractivity contribution is -0.132. The number of ether oxygens (including phenoxy) is 3.